The van der Waals surface area contributed by atoms with Gasteiger partial charge in [0.1, 0.15) is 0 Å². The first-order chi connectivity index (χ1) is 14.5. The highest BCUT2D eigenvalue weighted by atomic mass is 16.5. The van der Waals surface area contributed by atoms with Crippen LogP contribution in [-0.4, -0.2) is 63.9 Å². The summed E-state index contributed by atoms with van der Waals surface area (Å²) >= 11 is 0. The number of carboxylic acid groups (broad SMARTS) is 1. The summed E-state index contributed by atoms with van der Waals surface area (Å²) in [5.41, 5.74) is 0.900. The molecule has 0 unspecified atom stereocenters. The fourth-order valence-corrected chi connectivity index (χ4v) is 5.16. The van der Waals surface area contributed by atoms with E-state index in [2.05, 4.69) is 20.4 Å². The Morgan fingerprint density at radius 3 is 2.90 bits per heavy atom. The number of nitrogens with zero attached hydrogens (tertiary/aromatic N) is 3. The molecule has 9 nitrogen and oxygen atoms in total. The predicted molar refractivity (Wildman–Crippen MR) is 106 cm³/mol. The Bertz CT molecular complexity index is 889. The second-order valence-corrected chi connectivity index (χ2v) is 8.12. The van der Waals surface area contributed by atoms with E-state index in [1.807, 2.05) is 30.3 Å². The van der Waals surface area contributed by atoms with Crippen LogP contribution >= 0.6 is 0 Å². The van der Waals surface area contributed by atoms with Gasteiger partial charge in [-0.25, -0.2) is 0 Å². The van der Waals surface area contributed by atoms with Crippen molar-refractivity contribution in [2.24, 2.45) is 11.8 Å². The van der Waals surface area contributed by atoms with Crippen LogP contribution in [0, 0.1) is 11.8 Å². The predicted octanol–water partition coefficient (Wildman–Crippen LogP) is 1.55. The molecule has 3 aliphatic heterocycles. The number of benzene rings is 1. The summed E-state index contributed by atoms with van der Waals surface area (Å²) in [5.74, 6) is 2.15. The topological polar surface area (TPSA) is 118 Å². The lowest BCUT2D eigenvalue weighted by Gasteiger charge is -2.29. The number of fused-ring (bicyclic) bond motifs is 1. The molecule has 1 spiro atoms. The first kappa shape index (κ1) is 20.5. The summed E-state index contributed by atoms with van der Waals surface area (Å²) in [6, 6.07) is 9.86. The van der Waals surface area contributed by atoms with Gasteiger partial charge in [0, 0.05) is 44.0 Å². The van der Waals surface area contributed by atoms with E-state index in [0.717, 1.165) is 31.5 Å². The average molecular weight is 414 g/mol. The van der Waals surface area contributed by atoms with Crippen LogP contribution in [0.25, 0.3) is 11.4 Å². The van der Waals surface area contributed by atoms with E-state index >= 15 is 0 Å². The fourth-order valence-electron chi connectivity index (χ4n) is 5.16. The first-order valence-electron chi connectivity index (χ1n) is 10.1. The monoisotopic (exact) mass is 414 g/mol. The van der Waals surface area contributed by atoms with Crippen LogP contribution in [0.15, 0.2) is 34.9 Å². The van der Waals surface area contributed by atoms with Gasteiger partial charge in [-0.1, -0.05) is 35.5 Å². The summed E-state index contributed by atoms with van der Waals surface area (Å²) in [7, 11) is 0. The van der Waals surface area contributed by atoms with Crippen LogP contribution in [0.5, 0.6) is 0 Å². The number of hydrogen-bond acceptors (Lipinski definition) is 7. The Morgan fingerprint density at radius 2 is 2.17 bits per heavy atom. The number of likely N-dealkylation sites (tertiary alicyclic amines) is 1. The van der Waals surface area contributed by atoms with E-state index in [0.29, 0.717) is 36.6 Å². The largest absolute Gasteiger partial charge is 0.483 e. The van der Waals surface area contributed by atoms with Gasteiger partial charge in [-0.3, -0.25) is 14.5 Å². The minimum absolute atomic E-state index is 0.0287. The zero-order valence-electron chi connectivity index (χ0n) is 16.9. The highest BCUT2D eigenvalue weighted by molar-refractivity contribution is 5.72. The maximum absolute atomic E-state index is 11.3. The third kappa shape index (κ3) is 3.95. The molecule has 3 fully saturated rings. The molecule has 1 amide bonds. The van der Waals surface area contributed by atoms with Gasteiger partial charge in [-0.2, -0.15) is 4.98 Å². The summed E-state index contributed by atoms with van der Waals surface area (Å²) in [6.07, 6.45) is 2.49. The van der Waals surface area contributed by atoms with Crippen molar-refractivity contribution in [1.29, 1.82) is 0 Å². The van der Waals surface area contributed by atoms with Crippen LogP contribution in [0.1, 0.15) is 25.7 Å². The van der Waals surface area contributed by atoms with Crippen molar-refractivity contribution in [1.82, 2.24) is 20.4 Å². The lowest BCUT2D eigenvalue weighted by Crippen LogP contribution is -2.41. The normalized spacial score (nSPS) is 29.2. The summed E-state index contributed by atoms with van der Waals surface area (Å²) in [5, 5.41) is 14.0. The van der Waals surface area contributed by atoms with Crippen LogP contribution in [0.4, 0.5) is 0 Å². The Balaban J connectivity index is 0.000000687. The molecular weight excluding hydrogens is 388 g/mol. The highest BCUT2D eigenvalue weighted by Gasteiger charge is 2.62. The maximum atomic E-state index is 11.3. The van der Waals surface area contributed by atoms with Gasteiger partial charge in [0.2, 0.25) is 17.6 Å². The molecule has 0 saturated carbocycles. The quantitative estimate of drug-likeness (QED) is 0.708. The Labute approximate surface area is 174 Å². The van der Waals surface area contributed by atoms with Crippen molar-refractivity contribution >= 4 is 12.4 Å². The SMILES string of the molecule is CC(=O)NC[C@H]1[C@H]2CN(Cc3nc(-c4ccccc4)no3)C[C@]23CC[C@H]1O3.O=CO. The molecule has 2 N–H and O–H groups in total. The van der Waals surface area contributed by atoms with Gasteiger partial charge in [-0.05, 0) is 12.8 Å². The van der Waals surface area contributed by atoms with Crippen molar-refractivity contribution in [2.75, 3.05) is 19.6 Å². The van der Waals surface area contributed by atoms with Crippen molar-refractivity contribution < 1.29 is 24.0 Å². The van der Waals surface area contributed by atoms with Gasteiger partial charge in [-0.15, -0.1) is 0 Å². The number of hydrogen-bond donors (Lipinski definition) is 2. The van der Waals surface area contributed by atoms with Crippen molar-refractivity contribution in [3.63, 3.8) is 0 Å². The minimum atomic E-state index is -0.250. The number of carbonyl (C=O) groups excluding carboxylic acids is 1. The number of carbonyl (C=O) groups is 2. The van der Waals surface area contributed by atoms with E-state index in [1.165, 1.54) is 0 Å². The van der Waals surface area contributed by atoms with Gasteiger partial charge >= 0.3 is 0 Å². The van der Waals surface area contributed by atoms with Crippen molar-refractivity contribution in [3.05, 3.63) is 36.2 Å². The summed E-state index contributed by atoms with van der Waals surface area (Å²) in [6.45, 7) is 4.51. The molecule has 1 aromatic carbocycles. The summed E-state index contributed by atoms with van der Waals surface area (Å²) < 4.78 is 11.9. The number of ether oxygens (including phenoxy) is 1. The van der Waals surface area contributed by atoms with Crippen LogP contribution in [-0.2, 0) is 20.9 Å². The van der Waals surface area contributed by atoms with E-state index in [-0.39, 0.29) is 24.1 Å². The van der Waals surface area contributed by atoms with Crippen LogP contribution < -0.4 is 5.32 Å². The molecule has 4 heterocycles. The van der Waals surface area contributed by atoms with E-state index in [9.17, 15) is 4.79 Å². The lowest BCUT2D eigenvalue weighted by molar-refractivity contribution is -0.123. The molecule has 0 radical (unpaired) electrons. The van der Waals surface area contributed by atoms with Gasteiger partial charge in [0.05, 0.1) is 18.2 Å². The van der Waals surface area contributed by atoms with Crippen LogP contribution in [0.3, 0.4) is 0 Å². The fraction of sp³-hybridized carbons (Fsp3) is 0.524. The highest BCUT2D eigenvalue weighted by Crippen LogP contribution is 2.54. The molecule has 0 aliphatic carbocycles. The van der Waals surface area contributed by atoms with Crippen LogP contribution in [0.2, 0.25) is 0 Å². The molecule has 4 atom stereocenters. The third-order valence-corrected chi connectivity index (χ3v) is 6.30. The van der Waals surface area contributed by atoms with Gasteiger partial charge in [0.25, 0.3) is 6.47 Å². The molecule has 3 aliphatic rings. The number of rotatable bonds is 5. The van der Waals surface area contributed by atoms with Gasteiger partial charge < -0.3 is 19.7 Å². The lowest BCUT2D eigenvalue weighted by atomic mass is 9.73. The van der Waals surface area contributed by atoms with Crippen molar-refractivity contribution in [3.8, 4) is 11.4 Å². The Kier molecular flexibility index (Phi) is 5.83. The molecule has 9 heteroatoms. The minimum Gasteiger partial charge on any atom is -0.483 e. The molecule has 2 aromatic rings. The number of amides is 1. The molecule has 3 saturated heterocycles. The maximum Gasteiger partial charge on any atom is 0.290 e. The Hall–Kier alpha value is -2.78. The van der Waals surface area contributed by atoms with Crippen molar-refractivity contribution in [2.45, 2.75) is 38.0 Å². The molecular formula is C21H26N4O5. The van der Waals surface area contributed by atoms with E-state index in [4.69, 9.17) is 19.2 Å². The van der Waals surface area contributed by atoms with Gasteiger partial charge in [0.15, 0.2) is 0 Å². The first-order valence-corrected chi connectivity index (χ1v) is 10.1. The zero-order valence-corrected chi connectivity index (χ0v) is 16.9. The van der Waals surface area contributed by atoms with E-state index in [1.54, 1.807) is 6.92 Å². The average Bonchev–Trinajstić information content (AvgIpc) is 3.48. The third-order valence-electron chi connectivity index (χ3n) is 6.30. The number of nitrogens with one attached hydrogen (secondary N) is 1. The Morgan fingerprint density at radius 1 is 1.40 bits per heavy atom. The standard InChI is InChI=1S/C20H24N4O3.CH2O2/c1-13(25)21-9-15-16-10-24(12-20(16)8-7-17(15)26-20)11-18-22-19(23-27-18)14-5-3-2-4-6-14;2-1-3/h2-6,15-17H,7-12H2,1H3,(H,21,25);1H,(H,2,3)/t15-,16+,17+,20+;/m0./s1. The molecule has 1 aromatic heterocycles. The smallest absolute Gasteiger partial charge is 0.290 e. The molecule has 5 rings (SSSR count). The second-order valence-electron chi connectivity index (χ2n) is 8.12. The molecule has 160 valence electrons. The second kappa shape index (κ2) is 8.53. The zero-order chi connectivity index (χ0) is 21.1. The number of aromatic nitrogens is 2. The summed E-state index contributed by atoms with van der Waals surface area (Å²) in [4.78, 5) is 26.6. The molecule has 30 heavy (non-hydrogen) atoms. The molecule has 2 bridgehead atoms. The van der Waals surface area contributed by atoms with E-state index < -0.39 is 0 Å².